The molecule has 3 N–H and O–H groups in total. The van der Waals surface area contributed by atoms with Gasteiger partial charge in [-0.15, -0.1) is 11.3 Å². The number of urea groups is 1. The van der Waals surface area contributed by atoms with Crippen molar-refractivity contribution in [1.82, 2.24) is 29.7 Å². The predicted octanol–water partition coefficient (Wildman–Crippen LogP) is 1.95. The minimum atomic E-state index is -0.127. The molecule has 2 aliphatic heterocycles. The number of thiazole rings is 1. The van der Waals surface area contributed by atoms with Crippen LogP contribution in [0.3, 0.4) is 0 Å². The molecule has 0 bridgehead atoms. The Bertz CT molecular complexity index is 1180. The van der Waals surface area contributed by atoms with Crippen molar-refractivity contribution in [3.63, 3.8) is 0 Å². The highest BCUT2D eigenvalue weighted by Crippen LogP contribution is 2.29. The first-order chi connectivity index (χ1) is 16.5. The normalized spacial score (nSPS) is 19.5. The second-order valence-corrected chi connectivity index (χ2v) is 9.49. The number of hydrogen-bond acceptors (Lipinski definition) is 10. The molecule has 12 heteroatoms. The van der Waals surface area contributed by atoms with E-state index in [9.17, 15) is 4.79 Å². The minimum Gasteiger partial charge on any atom is -0.379 e. The molecule has 3 aromatic rings. The van der Waals surface area contributed by atoms with Crippen LogP contribution in [0.2, 0.25) is 0 Å². The van der Waals surface area contributed by atoms with Gasteiger partial charge in [-0.1, -0.05) is 0 Å². The molecule has 2 amide bonds. The van der Waals surface area contributed by atoms with Gasteiger partial charge in [-0.05, 0) is 26.0 Å². The summed E-state index contributed by atoms with van der Waals surface area (Å²) in [6, 6.07) is 3.85. The monoisotopic (exact) mass is 483 g/mol. The van der Waals surface area contributed by atoms with E-state index in [0.717, 1.165) is 66.1 Å². The zero-order valence-electron chi connectivity index (χ0n) is 19.4. The predicted molar refractivity (Wildman–Crippen MR) is 132 cm³/mol. The van der Waals surface area contributed by atoms with Crippen LogP contribution in [-0.4, -0.2) is 87.7 Å². The van der Waals surface area contributed by atoms with E-state index < -0.39 is 0 Å². The lowest BCUT2D eigenvalue weighted by Crippen LogP contribution is -2.55. The van der Waals surface area contributed by atoms with Crippen LogP contribution < -0.4 is 16.0 Å². The van der Waals surface area contributed by atoms with Gasteiger partial charge in [-0.3, -0.25) is 9.88 Å². The highest BCUT2D eigenvalue weighted by atomic mass is 32.1. The first kappa shape index (κ1) is 22.7. The fourth-order valence-electron chi connectivity index (χ4n) is 4.44. The van der Waals surface area contributed by atoms with E-state index in [1.807, 2.05) is 24.0 Å². The standard InChI is InChI=1S/C22H29N9O2S/c1-14-11-30(5-6-31(14)19-18-20(34-13-24-18)28-21(23)27-19)22(32)26-17-4-3-16(25-15(17)2)12-29-7-9-33-10-8-29/h3-4,13-14H,5-12H2,1-2H3,(H,26,32)(H2,23,27,28). The number of hydrogen-bond donors (Lipinski definition) is 2. The fourth-order valence-corrected chi connectivity index (χ4v) is 5.10. The van der Waals surface area contributed by atoms with Crippen molar-refractivity contribution in [1.29, 1.82) is 0 Å². The maximum atomic E-state index is 13.0. The average molecular weight is 484 g/mol. The highest BCUT2D eigenvalue weighted by Gasteiger charge is 2.30. The molecule has 0 aromatic carbocycles. The Labute approximate surface area is 202 Å². The molecule has 0 saturated carbocycles. The number of aromatic nitrogens is 4. The number of aryl methyl sites for hydroxylation is 1. The van der Waals surface area contributed by atoms with Gasteiger partial charge in [0, 0.05) is 45.3 Å². The molecule has 1 atom stereocenters. The van der Waals surface area contributed by atoms with Gasteiger partial charge in [0.05, 0.1) is 35.8 Å². The molecule has 180 valence electrons. The number of carbonyl (C=O) groups excluding carboxylic acids is 1. The van der Waals surface area contributed by atoms with Gasteiger partial charge in [0.2, 0.25) is 5.95 Å². The number of nitrogens with zero attached hydrogens (tertiary/aromatic N) is 7. The van der Waals surface area contributed by atoms with Gasteiger partial charge in [-0.2, -0.15) is 4.98 Å². The molecule has 5 heterocycles. The van der Waals surface area contributed by atoms with Gasteiger partial charge >= 0.3 is 6.03 Å². The van der Waals surface area contributed by atoms with E-state index in [-0.39, 0.29) is 18.0 Å². The number of morpholine rings is 1. The molecule has 1 unspecified atom stereocenters. The lowest BCUT2D eigenvalue weighted by Gasteiger charge is -2.40. The lowest BCUT2D eigenvalue weighted by molar-refractivity contribution is 0.0336. The molecule has 2 fully saturated rings. The van der Waals surface area contributed by atoms with Gasteiger partial charge in [-0.25, -0.2) is 14.8 Å². The van der Waals surface area contributed by atoms with E-state index in [0.29, 0.717) is 19.6 Å². The Hall–Kier alpha value is -3.09. The van der Waals surface area contributed by atoms with Crippen molar-refractivity contribution in [3.05, 3.63) is 29.0 Å². The number of fused-ring (bicyclic) bond motifs is 1. The summed E-state index contributed by atoms with van der Waals surface area (Å²) in [4.78, 5) is 37.9. The topological polar surface area (TPSA) is 126 Å². The average Bonchev–Trinajstić information content (AvgIpc) is 3.29. The Kier molecular flexibility index (Phi) is 6.44. The number of ether oxygens (including phenoxy) is 1. The van der Waals surface area contributed by atoms with Crippen LogP contribution in [0, 0.1) is 6.92 Å². The smallest absolute Gasteiger partial charge is 0.322 e. The lowest BCUT2D eigenvalue weighted by atomic mass is 10.2. The number of nitrogens with one attached hydrogen (secondary N) is 1. The van der Waals surface area contributed by atoms with Crippen molar-refractivity contribution in [2.75, 3.05) is 61.9 Å². The molecular weight excluding hydrogens is 454 g/mol. The van der Waals surface area contributed by atoms with E-state index in [4.69, 9.17) is 15.5 Å². The summed E-state index contributed by atoms with van der Waals surface area (Å²) in [5.41, 5.74) is 11.0. The Morgan fingerprint density at radius 2 is 2.03 bits per heavy atom. The Morgan fingerprint density at radius 1 is 1.21 bits per heavy atom. The summed E-state index contributed by atoms with van der Waals surface area (Å²) in [5.74, 6) is 0.964. The summed E-state index contributed by atoms with van der Waals surface area (Å²) in [6.45, 7) is 9.90. The first-order valence-electron chi connectivity index (χ1n) is 11.4. The van der Waals surface area contributed by atoms with Crippen LogP contribution in [0.5, 0.6) is 0 Å². The summed E-state index contributed by atoms with van der Waals surface area (Å²) >= 11 is 1.44. The molecule has 0 radical (unpaired) electrons. The number of rotatable bonds is 4. The first-order valence-corrected chi connectivity index (χ1v) is 12.3. The molecule has 2 saturated heterocycles. The van der Waals surface area contributed by atoms with Gasteiger partial charge in [0.1, 0.15) is 5.52 Å². The third-order valence-electron chi connectivity index (χ3n) is 6.26. The zero-order valence-corrected chi connectivity index (χ0v) is 20.2. The van der Waals surface area contributed by atoms with Gasteiger partial charge in [0.15, 0.2) is 10.6 Å². The molecule has 2 aliphatic rings. The molecule has 3 aromatic heterocycles. The van der Waals surface area contributed by atoms with Crippen LogP contribution in [0.4, 0.5) is 22.2 Å². The molecule has 0 spiro atoms. The molecule has 5 rings (SSSR count). The third-order valence-corrected chi connectivity index (χ3v) is 6.98. The number of pyridine rings is 1. The molecule has 0 aliphatic carbocycles. The molecular formula is C22H29N9O2S. The summed E-state index contributed by atoms with van der Waals surface area (Å²) < 4.78 is 5.41. The third kappa shape index (κ3) is 4.74. The quantitative estimate of drug-likeness (QED) is 0.572. The largest absolute Gasteiger partial charge is 0.379 e. The number of amides is 2. The SMILES string of the molecule is Cc1nc(CN2CCOCC2)ccc1NC(=O)N1CCN(c2nc(N)nc3scnc23)C(C)C1. The Morgan fingerprint density at radius 3 is 2.79 bits per heavy atom. The number of nitrogens with two attached hydrogens (primary N) is 1. The van der Waals surface area contributed by atoms with Crippen molar-refractivity contribution in [3.8, 4) is 0 Å². The van der Waals surface area contributed by atoms with E-state index in [1.165, 1.54) is 11.3 Å². The highest BCUT2D eigenvalue weighted by molar-refractivity contribution is 7.16. The van der Waals surface area contributed by atoms with Crippen LogP contribution in [0.1, 0.15) is 18.3 Å². The minimum absolute atomic E-state index is 0.0498. The van der Waals surface area contributed by atoms with Crippen molar-refractivity contribution in [2.45, 2.75) is 26.4 Å². The number of carbonyl (C=O) groups is 1. The molecule has 34 heavy (non-hydrogen) atoms. The maximum absolute atomic E-state index is 13.0. The maximum Gasteiger partial charge on any atom is 0.322 e. The second kappa shape index (κ2) is 9.65. The Balaban J connectivity index is 1.22. The fraction of sp³-hybridized carbons (Fsp3) is 0.500. The van der Waals surface area contributed by atoms with E-state index >= 15 is 0 Å². The summed E-state index contributed by atoms with van der Waals surface area (Å²) in [5, 5.41) is 3.04. The van der Waals surface area contributed by atoms with E-state index in [2.05, 4.69) is 37.0 Å². The van der Waals surface area contributed by atoms with Crippen LogP contribution in [-0.2, 0) is 11.3 Å². The van der Waals surface area contributed by atoms with Gasteiger partial charge in [0.25, 0.3) is 0 Å². The second-order valence-electron chi connectivity index (χ2n) is 8.65. The van der Waals surface area contributed by atoms with Crippen LogP contribution in [0.15, 0.2) is 17.6 Å². The van der Waals surface area contributed by atoms with Crippen molar-refractivity contribution < 1.29 is 9.53 Å². The van der Waals surface area contributed by atoms with Crippen LogP contribution in [0.25, 0.3) is 10.3 Å². The summed E-state index contributed by atoms with van der Waals surface area (Å²) in [7, 11) is 0. The van der Waals surface area contributed by atoms with E-state index in [1.54, 1.807) is 5.51 Å². The van der Waals surface area contributed by atoms with Crippen molar-refractivity contribution >= 4 is 45.2 Å². The van der Waals surface area contributed by atoms with Gasteiger partial charge < -0.3 is 25.6 Å². The number of anilines is 3. The van der Waals surface area contributed by atoms with Crippen LogP contribution >= 0.6 is 11.3 Å². The zero-order chi connectivity index (χ0) is 23.7. The number of piperazine rings is 1. The number of nitrogen functional groups attached to an aromatic ring is 1. The molecule has 11 nitrogen and oxygen atoms in total. The summed E-state index contributed by atoms with van der Waals surface area (Å²) in [6.07, 6.45) is 0. The van der Waals surface area contributed by atoms with Crippen molar-refractivity contribution in [2.24, 2.45) is 0 Å².